The number of benzene rings is 4. The first kappa shape index (κ1) is 24.5. The van der Waals surface area contributed by atoms with Crippen molar-refractivity contribution in [2.24, 2.45) is 0 Å². The first-order chi connectivity index (χ1) is 18.4. The highest BCUT2D eigenvalue weighted by molar-refractivity contribution is 6.30. The first-order valence-corrected chi connectivity index (χ1v) is 12.8. The zero-order chi connectivity index (χ0) is 26.3. The van der Waals surface area contributed by atoms with Crippen LogP contribution in [0, 0.1) is 0 Å². The highest BCUT2D eigenvalue weighted by Crippen LogP contribution is 2.66. The molecular weight excluding hydrogens is 502 g/mol. The number of aliphatic hydroxyl groups excluding tert-OH is 1. The molecule has 7 heteroatoms. The molecule has 0 radical (unpaired) electrons. The Kier molecular flexibility index (Phi) is 6.11. The largest absolute Gasteiger partial charge is 0.478 e. The maximum Gasteiger partial charge on any atom is 0.411 e. The Bertz CT molecular complexity index is 1460. The van der Waals surface area contributed by atoms with Crippen LogP contribution in [0.1, 0.15) is 34.6 Å². The fraction of sp³-hybridized carbons (Fsp3) is 0.194. The molecule has 4 aromatic rings. The number of amides is 1. The van der Waals surface area contributed by atoms with Crippen molar-refractivity contribution < 1.29 is 24.5 Å². The van der Waals surface area contributed by atoms with Crippen LogP contribution in [0.3, 0.4) is 0 Å². The fourth-order valence-electron chi connectivity index (χ4n) is 5.89. The molecule has 1 saturated carbocycles. The molecule has 0 bridgehead atoms. The molecule has 4 atom stereocenters. The topological polar surface area (TPSA) is 88.0 Å². The summed E-state index contributed by atoms with van der Waals surface area (Å²) in [7, 11) is 0. The minimum atomic E-state index is -1.73. The number of nitrogens with one attached hydrogen (secondary N) is 1. The number of fused-ring (bicyclic) bond motifs is 3. The van der Waals surface area contributed by atoms with Gasteiger partial charge in [-0.1, -0.05) is 90.5 Å². The van der Waals surface area contributed by atoms with Gasteiger partial charge in [-0.05, 0) is 41.3 Å². The van der Waals surface area contributed by atoms with Crippen molar-refractivity contribution in [1.82, 2.24) is 0 Å². The van der Waals surface area contributed by atoms with E-state index in [1.54, 1.807) is 30.3 Å². The lowest BCUT2D eigenvalue weighted by Crippen LogP contribution is -2.51. The van der Waals surface area contributed by atoms with E-state index in [2.05, 4.69) is 5.32 Å². The van der Waals surface area contributed by atoms with Crippen LogP contribution >= 0.6 is 11.6 Å². The number of ether oxygens (including phenoxy) is 2. The zero-order valence-corrected chi connectivity index (χ0v) is 21.1. The van der Waals surface area contributed by atoms with Gasteiger partial charge in [0, 0.05) is 28.3 Å². The molecule has 3 N–H and O–H groups in total. The van der Waals surface area contributed by atoms with Crippen molar-refractivity contribution in [3.05, 3.63) is 130 Å². The molecular formula is C31H26ClNO5. The average Bonchev–Trinajstić information content (AvgIpc) is 3.33. The third kappa shape index (κ3) is 3.84. The van der Waals surface area contributed by atoms with Crippen molar-refractivity contribution in [2.45, 2.75) is 36.3 Å². The highest BCUT2D eigenvalue weighted by atomic mass is 35.5. The van der Waals surface area contributed by atoms with Gasteiger partial charge in [0.25, 0.3) is 0 Å². The van der Waals surface area contributed by atoms with Gasteiger partial charge in [0.2, 0.25) is 0 Å². The predicted octanol–water partition coefficient (Wildman–Crippen LogP) is 6.11. The second kappa shape index (κ2) is 9.48. The van der Waals surface area contributed by atoms with E-state index in [0.29, 0.717) is 34.0 Å². The van der Waals surface area contributed by atoms with E-state index < -0.39 is 23.4 Å². The summed E-state index contributed by atoms with van der Waals surface area (Å²) in [5, 5.41) is 27.0. The lowest BCUT2D eigenvalue weighted by molar-refractivity contribution is -0.149. The maximum atomic E-state index is 12.5. The van der Waals surface area contributed by atoms with Crippen LogP contribution in [0.25, 0.3) is 0 Å². The van der Waals surface area contributed by atoms with E-state index in [1.807, 2.05) is 72.8 Å². The molecule has 0 unspecified atom stereocenters. The summed E-state index contributed by atoms with van der Waals surface area (Å²) < 4.78 is 12.0. The number of halogens is 1. The maximum absolute atomic E-state index is 12.5. The summed E-state index contributed by atoms with van der Waals surface area (Å²) >= 11 is 6.19. The number of hydrogen-bond donors (Lipinski definition) is 3. The van der Waals surface area contributed by atoms with E-state index in [-0.39, 0.29) is 12.5 Å². The molecule has 1 aliphatic carbocycles. The lowest BCUT2D eigenvalue weighted by Gasteiger charge is -2.40. The van der Waals surface area contributed by atoms with Gasteiger partial charge in [0.05, 0.1) is 6.10 Å². The standard InChI is InChI=1S/C31H26ClNO5/c32-23-13-11-22(12-14-23)31-26(21-9-5-2-6-10-21)18-28(34)30(31,36)25-16-15-24(17-27(25)38-31)33-29(35)37-19-20-7-3-1-4-8-20/h1-17,26,28,34,36H,18-19H2,(H,33,35)/t26-,28+,30-,31-/m0/s1. The molecule has 0 spiro atoms. The predicted molar refractivity (Wildman–Crippen MR) is 144 cm³/mol. The SMILES string of the molecule is O=C(Nc1ccc2c(c1)O[C@@]1(c3ccc(Cl)cc3)[C@H](c3ccccc3)C[C@@H](O)[C@@]21O)OCc1ccccc1. The van der Waals surface area contributed by atoms with E-state index in [0.717, 1.165) is 11.1 Å². The second-order valence-electron chi connectivity index (χ2n) is 9.72. The minimum absolute atomic E-state index is 0.137. The van der Waals surface area contributed by atoms with E-state index >= 15 is 0 Å². The minimum Gasteiger partial charge on any atom is -0.478 e. The Hall–Kier alpha value is -3.84. The lowest BCUT2D eigenvalue weighted by atomic mass is 9.71. The molecule has 1 aliphatic heterocycles. The Morgan fingerprint density at radius 3 is 2.37 bits per heavy atom. The Labute approximate surface area is 225 Å². The summed E-state index contributed by atoms with van der Waals surface area (Å²) in [6, 6.07) is 31.3. The molecule has 1 fully saturated rings. The van der Waals surface area contributed by atoms with Gasteiger partial charge in [-0.25, -0.2) is 4.79 Å². The zero-order valence-electron chi connectivity index (χ0n) is 20.4. The van der Waals surface area contributed by atoms with Gasteiger partial charge in [0.1, 0.15) is 12.4 Å². The summed E-state index contributed by atoms with van der Waals surface area (Å²) in [5.41, 5.74) is 0.372. The molecule has 0 aromatic heterocycles. The van der Waals surface area contributed by atoms with Gasteiger partial charge in [0.15, 0.2) is 11.2 Å². The Morgan fingerprint density at radius 2 is 1.66 bits per heavy atom. The number of rotatable bonds is 5. The van der Waals surface area contributed by atoms with E-state index in [9.17, 15) is 15.0 Å². The average molecular weight is 528 g/mol. The van der Waals surface area contributed by atoms with Gasteiger partial charge in [-0.2, -0.15) is 0 Å². The van der Waals surface area contributed by atoms with Crippen molar-refractivity contribution in [3.63, 3.8) is 0 Å². The summed E-state index contributed by atoms with van der Waals surface area (Å²) in [4.78, 5) is 12.5. The van der Waals surface area contributed by atoms with E-state index in [1.165, 1.54) is 0 Å². The van der Waals surface area contributed by atoms with Gasteiger partial charge in [-0.15, -0.1) is 0 Å². The normalized spacial score (nSPS) is 25.2. The number of hydrogen-bond acceptors (Lipinski definition) is 5. The fourth-order valence-corrected chi connectivity index (χ4v) is 6.01. The number of carbonyl (C=O) groups excluding carboxylic acids is 1. The van der Waals surface area contributed by atoms with Crippen LogP contribution in [0.4, 0.5) is 10.5 Å². The van der Waals surface area contributed by atoms with E-state index in [4.69, 9.17) is 21.1 Å². The summed E-state index contributed by atoms with van der Waals surface area (Å²) in [6.07, 6.45) is -1.41. The molecule has 6 nitrogen and oxygen atoms in total. The number of carbonyl (C=O) groups is 1. The number of anilines is 1. The van der Waals surface area contributed by atoms with Crippen molar-refractivity contribution in [3.8, 4) is 5.75 Å². The van der Waals surface area contributed by atoms with Crippen LogP contribution < -0.4 is 10.1 Å². The summed E-state index contributed by atoms with van der Waals surface area (Å²) in [6.45, 7) is 0.137. The monoisotopic (exact) mass is 527 g/mol. The molecule has 0 saturated heterocycles. The van der Waals surface area contributed by atoms with Gasteiger partial charge in [-0.3, -0.25) is 5.32 Å². The molecule has 1 heterocycles. The molecule has 38 heavy (non-hydrogen) atoms. The smallest absolute Gasteiger partial charge is 0.411 e. The third-order valence-corrected chi connectivity index (χ3v) is 7.85. The molecule has 4 aromatic carbocycles. The summed E-state index contributed by atoms with van der Waals surface area (Å²) in [5.74, 6) is 0.0208. The van der Waals surface area contributed by atoms with Crippen molar-refractivity contribution in [1.29, 1.82) is 0 Å². The van der Waals surface area contributed by atoms with Crippen LogP contribution in [-0.4, -0.2) is 22.4 Å². The van der Waals surface area contributed by atoms with Crippen LogP contribution in [-0.2, 0) is 22.5 Å². The second-order valence-corrected chi connectivity index (χ2v) is 10.2. The quantitative estimate of drug-likeness (QED) is 0.291. The Morgan fingerprint density at radius 1 is 0.974 bits per heavy atom. The molecule has 2 aliphatic rings. The number of aliphatic hydroxyl groups is 2. The first-order valence-electron chi connectivity index (χ1n) is 12.4. The van der Waals surface area contributed by atoms with Crippen LogP contribution in [0.5, 0.6) is 5.75 Å². The van der Waals surface area contributed by atoms with Crippen molar-refractivity contribution in [2.75, 3.05) is 5.32 Å². The highest BCUT2D eigenvalue weighted by Gasteiger charge is 2.72. The van der Waals surface area contributed by atoms with Gasteiger partial charge >= 0.3 is 6.09 Å². The van der Waals surface area contributed by atoms with Crippen LogP contribution in [0.15, 0.2) is 103 Å². The third-order valence-electron chi connectivity index (χ3n) is 7.60. The Balaban J connectivity index is 1.36. The van der Waals surface area contributed by atoms with Gasteiger partial charge < -0.3 is 19.7 Å². The molecule has 192 valence electrons. The molecule has 1 amide bonds. The van der Waals surface area contributed by atoms with Crippen LogP contribution in [0.2, 0.25) is 5.02 Å². The van der Waals surface area contributed by atoms with Crippen molar-refractivity contribution >= 4 is 23.4 Å². The molecule has 6 rings (SSSR count).